The number of hydrogen-bond donors (Lipinski definition) is 2. The predicted molar refractivity (Wildman–Crippen MR) is 72.7 cm³/mol. The number of thiazole rings is 1. The zero-order chi connectivity index (χ0) is 13.8. The maximum Gasteiger partial charge on any atom is 0.294 e. The molecule has 19 heavy (non-hydrogen) atoms. The molecule has 0 radical (unpaired) electrons. The summed E-state index contributed by atoms with van der Waals surface area (Å²) in [5.74, 6) is -0.396. The highest BCUT2D eigenvalue weighted by Crippen LogP contribution is 2.27. The molecule has 0 saturated carbocycles. The van der Waals surface area contributed by atoms with E-state index in [9.17, 15) is 14.9 Å². The molecule has 0 fully saturated rings. The average molecular weight is 278 g/mol. The van der Waals surface area contributed by atoms with Gasteiger partial charge in [0.2, 0.25) is 0 Å². The van der Waals surface area contributed by atoms with Crippen molar-refractivity contribution in [3.63, 3.8) is 0 Å². The molecule has 0 aliphatic rings. The summed E-state index contributed by atoms with van der Waals surface area (Å²) in [6.07, 6.45) is 0. The molecule has 0 spiro atoms. The van der Waals surface area contributed by atoms with E-state index < -0.39 is 10.8 Å². The van der Waals surface area contributed by atoms with Crippen LogP contribution in [0.2, 0.25) is 0 Å². The first-order chi connectivity index (χ1) is 9.11. The Balaban J connectivity index is 2.24. The lowest BCUT2D eigenvalue weighted by atomic mass is 10.2. The minimum Gasteiger partial charge on any atom is -0.383 e. The second-order valence-electron chi connectivity index (χ2n) is 3.57. The summed E-state index contributed by atoms with van der Waals surface area (Å²) in [6.45, 7) is 0. The Morgan fingerprint density at radius 1 is 1.47 bits per heavy atom. The molecule has 1 aromatic heterocycles. The normalized spacial score (nSPS) is 9.95. The Kier molecular flexibility index (Phi) is 3.71. The molecule has 2 aromatic rings. The van der Waals surface area contributed by atoms with Crippen molar-refractivity contribution >= 4 is 34.3 Å². The lowest BCUT2D eigenvalue weighted by Gasteiger charge is -2.06. The first-order valence-electron chi connectivity index (χ1n) is 5.27. The number of nitrogens with one attached hydrogen (secondary N) is 2. The monoisotopic (exact) mass is 278 g/mol. The quantitative estimate of drug-likeness (QED) is 0.661. The van der Waals surface area contributed by atoms with Gasteiger partial charge in [-0.1, -0.05) is 0 Å². The van der Waals surface area contributed by atoms with Gasteiger partial charge in [-0.05, 0) is 12.1 Å². The summed E-state index contributed by atoms with van der Waals surface area (Å²) in [4.78, 5) is 26.0. The fraction of sp³-hybridized carbons (Fsp3) is 0.0909. The molecule has 2 N–H and O–H groups in total. The molecule has 8 heteroatoms. The van der Waals surface area contributed by atoms with Gasteiger partial charge < -0.3 is 10.6 Å². The van der Waals surface area contributed by atoms with E-state index in [0.29, 0.717) is 11.4 Å². The maximum atomic E-state index is 11.8. The van der Waals surface area contributed by atoms with E-state index in [1.807, 2.05) is 0 Å². The summed E-state index contributed by atoms with van der Waals surface area (Å²) in [6, 6.07) is 4.42. The predicted octanol–water partition coefficient (Wildman–Crippen LogP) is 2.35. The summed E-state index contributed by atoms with van der Waals surface area (Å²) in [5, 5.41) is 17.8. The molecule has 7 nitrogen and oxygen atoms in total. The van der Waals surface area contributed by atoms with Crippen molar-refractivity contribution in [3.05, 3.63) is 44.9 Å². The van der Waals surface area contributed by atoms with Gasteiger partial charge >= 0.3 is 0 Å². The van der Waals surface area contributed by atoms with Gasteiger partial charge in [0.25, 0.3) is 11.6 Å². The largest absolute Gasteiger partial charge is 0.383 e. The number of hydrogen-bond acceptors (Lipinski definition) is 6. The summed E-state index contributed by atoms with van der Waals surface area (Å²) < 4.78 is 0. The maximum absolute atomic E-state index is 11.8. The van der Waals surface area contributed by atoms with Crippen LogP contribution in [0.4, 0.5) is 17.1 Å². The molecule has 0 atom stereocenters. The molecule has 98 valence electrons. The third-order valence-corrected chi connectivity index (χ3v) is 2.97. The molecule has 0 aliphatic carbocycles. The zero-order valence-electron chi connectivity index (χ0n) is 9.91. The van der Waals surface area contributed by atoms with Crippen molar-refractivity contribution in [2.75, 3.05) is 17.7 Å². The minimum atomic E-state index is -0.510. The number of rotatable bonds is 4. The van der Waals surface area contributed by atoms with Gasteiger partial charge in [-0.3, -0.25) is 14.9 Å². The lowest BCUT2D eigenvalue weighted by molar-refractivity contribution is -0.383. The van der Waals surface area contributed by atoms with Gasteiger partial charge in [-0.15, -0.1) is 11.3 Å². The van der Waals surface area contributed by atoms with Crippen molar-refractivity contribution in [2.45, 2.75) is 0 Å². The van der Waals surface area contributed by atoms with Crippen molar-refractivity contribution in [3.8, 4) is 0 Å². The molecule has 1 aromatic carbocycles. The van der Waals surface area contributed by atoms with Gasteiger partial charge in [0, 0.05) is 24.2 Å². The fourth-order valence-corrected chi connectivity index (χ4v) is 2.02. The van der Waals surface area contributed by atoms with Crippen LogP contribution in [0.1, 0.15) is 10.5 Å². The van der Waals surface area contributed by atoms with E-state index in [1.54, 1.807) is 24.0 Å². The van der Waals surface area contributed by atoms with Crippen LogP contribution in [0.15, 0.2) is 29.1 Å². The molecular weight excluding hydrogens is 268 g/mol. The molecule has 0 bridgehead atoms. The first-order valence-corrected chi connectivity index (χ1v) is 6.22. The SMILES string of the molecule is CNc1ccc(NC(=O)c2cscn2)cc1[N+](=O)[O-]. The number of carbonyl (C=O) groups is 1. The number of amides is 1. The van der Waals surface area contributed by atoms with Crippen LogP contribution in [-0.2, 0) is 0 Å². The van der Waals surface area contributed by atoms with E-state index in [1.165, 1.54) is 23.5 Å². The molecular formula is C11H10N4O3S. The van der Waals surface area contributed by atoms with Crippen LogP contribution < -0.4 is 10.6 Å². The molecule has 0 saturated heterocycles. The third-order valence-electron chi connectivity index (χ3n) is 2.39. The van der Waals surface area contributed by atoms with E-state index in [0.717, 1.165) is 0 Å². The highest BCUT2D eigenvalue weighted by molar-refractivity contribution is 7.07. The highest BCUT2D eigenvalue weighted by Gasteiger charge is 2.15. The van der Waals surface area contributed by atoms with Crippen LogP contribution in [0.5, 0.6) is 0 Å². The van der Waals surface area contributed by atoms with E-state index in [2.05, 4.69) is 15.6 Å². The number of nitro groups is 1. The molecule has 1 amide bonds. The zero-order valence-corrected chi connectivity index (χ0v) is 10.7. The minimum absolute atomic E-state index is 0.0985. The highest BCUT2D eigenvalue weighted by atomic mass is 32.1. The van der Waals surface area contributed by atoms with Gasteiger partial charge in [0.1, 0.15) is 11.4 Å². The van der Waals surface area contributed by atoms with Gasteiger partial charge in [0.05, 0.1) is 10.4 Å². The second kappa shape index (κ2) is 5.44. The topological polar surface area (TPSA) is 97.2 Å². The smallest absolute Gasteiger partial charge is 0.294 e. The van der Waals surface area contributed by atoms with Gasteiger partial charge in [-0.2, -0.15) is 0 Å². The van der Waals surface area contributed by atoms with Crippen LogP contribution in [-0.4, -0.2) is 22.9 Å². The molecule has 0 aliphatic heterocycles. The van der Waals surface area contributed by atoms with Crippen LogP contribution in [0.25, 0.3) is 0 Å². The molecule has 1 heterocycles. The average Bonchev–Trinajstić information content (AvgIpc) is 2.92. The van der Waals surface area contributed by atoms with Crippen LogP contribution in [0, 0.1) is 10.1 Å². The van der Waals surface area contributed by atoms with Crippen molar-refractivity contribution < 1.29 is 9.72 Å². The third kappa shape index (κ3) is 2.86. The van der Waals surface area contributed by atoms with Crippen molar-refractivity contribution in [1.29, 1.82) is 0 Å². The van der Waals surface area contributed by atoms with Crippen LogP contribution in [0.3, 0.4) is 0 Å². The Bertz CT molecular complexity index is 612. The first kappa shape index (κ1) is 13.0. The molecule has 2 rings (SSSR count). The lowest BCUT2D eigenvalue weighted by Crippen LogP contribution is -2.12. The van der Waals surface area contributed by atoms with Crippen LogP contribution >= 0.6 is 11.3 Å². The second-order valence-corrected chi connectivity index (χ2v) is 4.29. The number of nitro benzene ring substituents is 1. The Morgan fingerprint density at radius 2 is 2.26 bits per heavy atom. The van der Waals surface area contributed by atoms with Gasteiger partial charge in [-0.25, -0.2) is 4.98 Å². The number of carbonyl (C=O) groups excluding carboxylic acids is 1. The van der Waals surface area contributed by atoms with Gasteiger partial charge in [0.15, 0.2) is 0 Å². The number of aromatic nitrogens is 1. The summed E-state index contributed by atoms with van der Waals surface area (Å²) in [7, 11) is 1.59. The van der Waals surface area contributed by atoms with E-state index >= 15 is 0 Å². The Labute approximate surface area is 112 Å². The standard InChI is InChI=1S/C11H10N4O3S/c1-12-8-3-2-7(4-10(8)15(17)18)14-11(16)9-5-19-6-13-9/h2-6,12H,1H3,(H,14,16). The summed E-state index contributed by atoms with van der Waals surface area (Å²) in [5.41, 5.74) is 2.46. The van der Waals surface area contributed by atoms with Crippen molar-refractivity contribution in [1.82, 2.24) is 4.98 Å². The Hall–Kier alpha value is -2.48. The Morgan fingerprint density at radius 3 is 2.84 bits per heavy atom. The number of nitrogens with zero attached hydrogens (tertiary/aromatic N) is 2. The van der Waals surface area contributed by atoms with Crippen molar-refractivity contribution in [2.24, 2.45) is 0 Å². The number of benzene rings is 1. The number of anilines is 2. The summed E-state index contributed by atoms with van der Waals surface area (Å²) >= 11 is 1.30. The fourth-order valence-electron chi connectivity index (χ4n) is 1.49. The van der Waals surface area contributed by atoms with E-state index in [-0.39, 0.29) is 11.4 Å². The molecule has 0 unspecified atom stereocenters. The van der Waals surface area contributed by atoms with E-state index in [4.69, 9.17) is 0 Å².